The van der Waals surface area contributed by atoms with Crippen molar-refractivity contribution in [2.45, 2.75) is 6.92 Å². The fourth-order valence-corrected chi connectivity index (χ4v) is 3.89. The molecule has 1 heterocycles. The molecule has 1 aliphatic rings. The maximum Gasteiger partial charge on any atom is 0.270 e. The van der Waals surface area contributed by atoms with Gasteiger partial charge in [0.05, 0.1) is 17.2 Å². The summed E-state index contributed by atoms with van der Waals surface area (Å²) >= 11 is 10.00. The number of nitrogens with zero attached hydrogens (tertiary/aromatic N) is 1. The topological polar surface area (TPSA) is 49.8 Å². The van der Waals surface area contributed by atoms with Crippen molar-refractivity contribution >= 4 is 61.9 Å². The molecule has 0 spiro atoms. The number of carbonyl (C=O) groups excluding carboxylic acids is 1. The number of halogens is 1. The van der Waals surface area contributed by atoms with Crippen LogP contribution < -0.4 is 9.64 Å². The molecule has 3 rings (SSSR count). The molecule has 1 fully saturated rings. The molecule has 2 aromatic rings. The highest BCUT2D eigenvalue weighted by atomic mass is 79.9. The third kappa shape index (κ3) is 3.89. The van der Waals surface area contributed by atoms with Gasteiger partial charge in [0, 0.05) is 4.47 Å². The average molecular weight is 436 g/mol. The summed E-state index contributed by atoms with van der Waals surface area (Å²) in [6.45, 7) is 2.29. The molecule has 1 amide bonds. The Morgan fingerprint density at radius 1 is 1.28 bits per heavy atom. The van der Waals surface area contributed by atoms with Crippen LogP contribution in [0.25, 0.3) is 6.08 Å². The van der Waals surface area contributed by atoms with Gasteiger partial charge in [-0.2, -0.15) is 0 Å². The molecule has 4 nitrogen and oxygen atoms in total. The third-order valence-electron chi connectivity index (χ3n) is 3.46. The predicted molar refractivity (Wildman–Crippen MR) is 109 cm³/mol. The van der Waals surface area contributed by atoms with E-state index in [0.717, 1.165) is 15.7 Å². The van der Waals surface area contributed by atoms with E-state index in [1.807, 2.05) is 31.2 Å². The predicted octanol–water partition coefficient (Wildman–Crippen LogP) is 4.96. The van der Waals surface area contributed by atoms with E-state index in [4.69, 9.17) is 17.0 Å². The number of carbonyl (C=O) groups is 1. The Balaban J connectivity index is 1.90. The molecule has 2 aromatic carbocycles. The van der Waals surface area contributed by atoms with Gasteiger partial charge in [0.1, 0.15) is 0 Å². The van der Waals surface area contributed by atoms with E-state index in [1.54, 1.807) is 24.3 Å². The van der Waals surface area contributed by atoms with Crippen LogP contribution in [0.1, 0.15) is 12.5 Å². The summed E-state index contributed by atoms with van der Waals surface area (Å²) in [7, 11) is 0. The molecule has 25 heavy (non-hydrogen) atoms. The molecule has 1 saturated heterocycles. The van der Waals surface area contributed by atoms with Gasteiger partial charge in [-0.05, 0) is 55.0 Å². The van der Waals surface area contributed by atoms with Gasteiger partial charge in [0.2, 0.25) is 0 Å². The maximum absolute atomic E-state index is 12.7. The third-order valence-corrected chi connectivity index (χ3v) is 5.29. The van der Waals surface area contributed by atoms with Crippen molar-refractivity contribution in [1.82, 2.24) is 0 Å². The summed E-state index contributed by atoms with van der Waals surface area (Å²) in [6.07, 6.45) is 1.75. The van der Waals surface area contributed by atoms with Crippen molar-refractivity contribution in [2.75, 3.05) is 11.5 Å². The Morgan fingerprint density at radius 3 is 2.68 bits per heavy atom. The molecule has 1 aliphatic heterocycles. The van der Waals surface area contributed by atoms with Gasteiger partial charge in [-0.25, -0.2) is 0 Å². The van der Waals surface area contributed by atoms with Crippen LogP contribution in [0, 0.1) is 0 Å². The number of hydrogen-bond donors (Lipinski definition) is 1. The van der Waals surface area contributed by atoms with Crippen LogP contribution in [0.2, 0.25) is 0 Å². The lowest BCUT2D eigenvalue weighted by atomic mass is 10.2. The van der Waals surface area contributed by atoms with Gasteiger partial charge in [-0.15, -0.1) is 0 Å². The highest BCUT2D eigenvalue weighted by Crippen LogP contribution is 2.37. The number of thiocarbonyl (C=S) groups is 1. The molecular formula is C18H14BrNO3S2. The van der Waals surface area contributed by atoms with Crippen molar-refractivity contribution in [3.05, 3.63) is 57.4 Å². The van der Waals surface area contributed by atoms with Gasteiger partial charge in [-0.1, -0.05) is 46.0 Å². The number of aromatic hydroxyl groups is 1. The smallest absolute Gasteiger partial charge is 0.270 e. The van der Waals surface area contributed by atoms with E-state index in [0.29, 0.717) is 21.6 Å². The van der Waals surface area contributed by atoms with Crippen molar-refractivity contribution in [3.63, 3.8) is 0 Å². The maximum atomic E-state index is 12.7. The van der Waals surface area contributed by atoms with Gasteiger partial charge in [-0.3, -0.25) is 9.69 Å². The first kappa shape index (κ1) is 18.0. The lowest BCUT2D eigenvalue weighted by molar-refractivity contribution is -0.113. The minimum Gasteiger partial charge on any atom is -0.504 e. The SMILES string of the molecule is CCOc1cc(C=C2SC(=S)N(c3ccc(Br)cc3)C2=O)ccc1O. The number of ether oxygens (including phenoxy) is 1. The van der Waals surface area contributed by atoms with Crippen LogP contribution in [-0.2, 0) is 4.79 Å². The molecule has 0 aromatic heterocycles. The number of phenolic OH excluding ortho intramolecular Hbond substituents is 1. The highest BCUT2D eigenvalue weighted by Gasteiger charge is 2.33. The van der Waals surface area contributed by atoms with Crippen LogP contribution in [0.4, 0.5) is 5.69 Å². The molecule has 0 radical (unpaired) electrons. The average Bonchev–Trinajstić information content (AvgIpc) is 2.86. The summed E-state index contributed by atoms with van der Waals surface area (Å²) in [5.41, 5.74) is 1.49. The van der Waals surface area contributed by atoms with Crippen LogP contribution in [0.15, 0.2) is 51.8 Å². The molecule has 0 atom stereocenters. The highest BCUT2D eigenvalue weighted by molar-refractivity contribution is 9.10. The zero-order chi connectivity index (χ0) is 18.0. The fourth-order valence-electron chi connectivity index (χ4n) is 2.32. The minimum atomic E-state index is -0.164. The number of anilines is 1. The Bertz CT molecular complexity index is 865. The van der Waals surface area contributed by atoms with Gasteiger partial charge in [0.15, 0.2) is 15.8 Å². The molecule has 0 bridgehead atoms. The number of thioether (sulfide) groups is 1. The molecule has 0 unspecified atom stereocenters. The van der Waals surface area contributed by atoms with E-state index in [2.05, 4.69) is 15.9 Å². The van der Waals surface area contributed by atoms with Gasteiger partial charge >= 0.3 is 0 Å². The minimum absolute atomic E-state index is 0.0708. The van der Waals surface area contributed by atoms with Gasteiger partial charge in [0.25, 0.3) is 5.91 Å². The molecule has 128 valence electrons. The van der Waals surface area contributed by atoms with E-state index < -0.39 is 0 Å². The van der Waals surface area contributed by atoms with Crippen molar-refractivity contribution in [3.8, 4) is 11.5 Å². The first-order valence-corrected chi connectivity index (χ1v) is 9.50. The lowest BCUT2D eigenvalue weighted by Crippen LogP contribution is -2.27. The largest absolute Gasteiger partial charge is 0.504 e. The Kier molecular flexibility index (Phi) is 5.46. The van der Waals surface area contributed by atoms with Crippen molar-refractivity contribution in [2.24, 2.45) is 0 Å². The summed E-state index contributed by atoms with van der Waals surface area (Å²) in [4.78, 5) is 14.8. The van der Waals surface area contributed by atoms with E-state index in [9.17, 15) is 9.90 Å². The molecule has 7 heteroatoms. The number of amides is 1. The number of phenols is 1. The number of rotatable bonds is 4. The quantitative estimate of drug-likeness (QED) is 0.543. The Hall–Kier alpha value is -1.83. The summed E-state index contributed by atoms with van der Waals surface area (Å²) in [6, 6.07) is 12.4. The second-order valence-corrected chi connectivity index (χ2v) is 7.75. The second-order valence-electron chi connectivity index (χ2n) is 5.15. The second kappa shape index (κ2) is 7.59. The summed E-state index contributed by atoms with van der Waals surface area (Å²) < 4.78 is 6.80. The van der Waals surface area contributed by atoms with Crippen LogP contribution >= 0.6 is 39.9 Å². The zero-order valence-electron chi connectivity index (χ0n) is 13.2. The normalized spacial score (nSPS) is 15.9. The van der Waals surface area contributed by atoms with Crippen LogP contribution in [0.5, 0.6) is 11.5 Å². The Labute approximate surface area is 163 Å². The van der Waals surface area contributed by atoms with E-state index in [1.165, 1.54) is 16.7 Å². The van der Waals surface area contributed by atoms with E-state index in [-0.39, 0.29) is 11.7 Å². The fraction of sp³-hybridized carbons (Fsp3) is 0.111. The summed E-state index contributed by atoms with van der Waals surface area (Å²) in [5, 5.41) is 9.78. The van der Waals surface area contributed by atoms with Crippen LogP contribution in [-0.4, -0.2) is 21.9 Å². The molecular weight excluding hydrogens is 422 g/mol. The van der Waals surface area contributed by atoms with E-state index >= 15 is 0 Å². The first-order chi connectivity index (χ1) is 12.0. The monoisotopic (exact) mass is 435 g/mol. The summed E-state index contributed by atoms with van der Waals surface area (Å²) in [5.74, 6) is 0.296. The molecule has 1 N–H and O–H groups in total. The first-order valence-electron chi connectivity index (χ1n) is 7.49. The number of hydrogen-bond acceptors (Lipinski definition) is 5. The van der Waals surface area contributed by atoms with Crippen molar-refractivity contribution in [1.29, 1.82) is 0 Å². The lowest BCUT2D eigenvalue weighted by Gasteiger charge is -2.14. The van der Waals surface area contributed by atoms with Crippen molar-refractivity contribution < 1.29 is 14.6 Å². The van der Waals surface area contributed by atoms with Crippen LogP contribution in [0.3, 0.4) is 0 Å². The molecule has 0 saturated carbocycles. The zero-order valence-corrected chi connectivity index (χ0v) is 16.5. The standard InChI is InChI=1S/C18H14BrNO3S2/c1-2-23-15-9-11(3-8-14(15)21)10-16-17(22)20(18(24)25-16)13-6-4-12(19)5-7-13/h3-10,21H,2H2,1H3. The Morgan fingerprint density at radius 2 is 2.00 bits per heavy atom. The molecule has 0 aliphatic carbocycles. The van der Waals surface area contributed by atoms with Gasteiger partial charge < -0.3 is 9.84 Å². The number of benzene rings is 2.